The Kier molecular flexibility index (Phi) is 6.45. The highest BCUT2D eigenvalue weighted by Crippen LogP contribution is 2.37. The Bertz CT molecular complexity index is 1170. The number of rotatable bonds is 8. The van der Waals surface area contributed by atoms with E-state index >= 15 is 0 Å². The summed E-state index contributed by atoms with van der Waals surface area (Å²) >= 11 is 0. The van der Waals surface area contributed by atoms with Gasteiger partial charge in [0.05, 0.1) is 25.0 Å². The molecular formula is C27H26N2O4. The summed E-state index contributed by atoms with van der Waals surface area (Å²) in [6, 6.07) is 23.7. The van der Waals surface area contributed by atoms with Crippen molar-refractivity contribution in [3.63, 3.8) is 0 Å². The second-order valence-electron chi connectivity index (χ2n) is 7.63. The Morgan fingerprint density at radius 2 is 1.45 bits per heavy atom. The molecule has 0 saturated heterocycles. The summed E-state index contributed by atoms with van der Waals surface area (Å²) < 4.78 is 10.9. The fraction of sp³-hybridized carbons (Fsp3) is 0.185. The highest BCUT2D eigenvalue weighted by molar-refractivity contribution is 6.46. The SMILES string of the molecule is CCCOc1ccc(C2=C(N(C)c3ccccc3)C(=O)N(c3ccc(OC)cc3)C2=O)cc1. The van der Waals surface area contributed by atoms with Crippen molar-refractivity contribution in [2.75, 3.05) is 30.6 Å². The molecule has 0 N–H and O–H groups in total. The van der Waals surface area contributed by atoms with Crippen molar-refractivity contribution >= 4 is 28.8 Å². The zero-order valence-corrected chi connectivity index (χ0v) is 18.9. The Labute approximate surface area is 193 Å². The molecule has 168 valence electrons. The zero-order valence-electron chi connectivity index (χ0n) is 18.9. The Morgan fingerprint density at radius 3 is 2.06 bits per heavy atom. The van der Waals surface area contributed by atoms with Gasteiger partial charge in [0.25, 0.3) is 11.8 Å². The Morgan fingerprint density at radius 1 is 0.818 bits per heavy atom. The van der Waals surface area contributed by atoms with Gasteiger partial charge in [-0.15, -0.1) is 0 Å². The number of ether oxygens (including phenoxy) is 2. The van der Waals surface area contributed by atoms with Crippen LogP contribution in [0.3, 0.4) is 0 Å². The number of carbonyl (C=O) groups excluding carboxylic acids is 2. The van der Waals surface area contributed by atoms with E-state index in [9.17, 15) is 9.59 Å². The lowest BCUT2D eigenvalue weighted by atomic mass is 10.0. The topological polar surface area (TPSA) is 59.1 Å². The van der Waals surface area contributed by atoms with Crippen LogP contribution in [0.5, 0.6) is 11.5 Å². The minimum absolute atomic E-state index is 0.323. The summed E-state index contributed by atoms with van der Waals surface area (Å²) in [5, 5.41) is 0. The number of hydrogen-bond acceptors (Lipinski definition) is 5. The molecule has 33 heavy (non-hydrogen) atoms. The number of para-hydroxylation sites is 1. The molecule has 1 aliphatic rings. The molecule has 0 aliphatic carbocycles. The highest BCUT2D eigenvalue weighted by Gasteiger charge is 2.42. The predicted octanol–water partition coefficient (Wildman–Crippen LogP) is 4.90. The van der Waals surface area contributed by atoms with Gasteiger partial charge in [-0.2, -0.15) is 0 Å². The van der Waals surface area contributed by atoms with Gasteiger partial charge in [-0.05, 0) is 60.5 Å². The van der Waals surface area contributed by atoms with E-state index in [1.54, 1.807) is 43.3 Å². The van der Waals surface area contributed by atoms with Crippen LogP contribution in [0.25, 0.3) is 5.57 Å². The van der Waals surface area contributed by atoms with Crippen LogP contribution in [0.1, 0.15) is 18.9 Å². The van der Waals surface area contributed by atoms with E-state index in [4.69, 9.17) is 9.47 Å². The van der Waals surface area contributed by atoms with Gasteiger partial charge in [-0.25, -0.2) is 4.90 Å². The Hall–Kier alpha value is -4.06. The number of likely N-dealkylation sites (N-methyl/N-ethyl adjacent to an activating group) is 1. The second-order valence-corrected chi connectivity index (χ2v) is 7.63. The molecule has 0 saturated carbocycles. The quantitative estimate of drug-likeness (QED) is 0.464. The lowest BCUT2D eigenvalue weighted by Crippen LogP contribution is -2.34. The van der Waals surface area contributed by atoms with Crippen molar-refractivity contribution < 1.29 is 19.1 Å². The molecule has 0 atom stereocenters. The average Bonchev–Trinajstić information content (AvgIpc) is 3.13. The number of benzene rings is 3. The molecule has 1 aliphatic heterocycles. The molecule has 2 amide bonds. The monoisotopic (exact) mass is 442 g/mol. The lowest BCUT2D eigenvalue weighted by Gasteiger charge is -2.21. The van der Waals surface area contributed by atoms with Crippen LogP contribution >= 0.6 is 0 Å². The number of amides is 2. The predicted molar refractivity (Wildman–Crippen MR) is 129 cm³/mol. The molecular weight excluding hydrogens is 416 g/mol. The zero-order chi connectivity index (χ0) is 23.4. The number of anilines is 2. The van der Waals surface area contributed by atoms with Gasteiger partial charge in [-0.3, -0.25) is 9.59 Å². The van der Waals surface area contributed by atoms with Crippen molar-refractivity contribution in [1.29, 1.82) is 0 Å². The molecule has 3 aromatic carbocycles. The van der Waals surface area contributed by atoms with E-state index in [1.165, 1.54) is 4.90 Å². The van der Waals surface area contributed by atoms with Gasteiger partial charge in [0.1, 0.15) is 17.2 Å². The molecule has 1 heterocycles. The number of carbonyl (C=O) groups is 2. The van der Waals surface area contributed by atoms with E-state index in [0.717, 1.165) is 17.9 Å². The first-order valence-electron chi connectivity index (χ1n) is 10.8. The lowest BCUT2D eigenvalue weighted by molar-refractivity contribution is -0.120. The van der Waals surface area contributed by atoms with Gasteiger partial charge in [-0.1, -0.05) is 37.3 Å². The van der Waals surface area contributed by atoms with Gasteiger partial charge >= 0.3 is 0 Å². The minimum Gasteiger partial charge on any atom is -0.497 e. The summed E-state index contributed by atoms with van der Waals surface area (Å²) in [5.74, 6) is 0.626. The van der Waals surface area contributed by atoms with Crippen molar-refractivity contribution in [3.05, 3.63) is 90.1 Å². The van der Waals surface area contributed by atoms with Crippen molar-refractivity contribution in [3.8, 4) is 11.5 Å². The fourth-order valence-electron chi connectivity index (χ4n) is 3.77. The van der Waals surface area contributed by atoms with E-state index in [1.807, 2.05) is 61.5 Å². The van der Waals surface area contributed by atoms with Gasteiger partial charge in [0.15, 0.2) is 0 Å². The van der Waals surface area contributed by atoms with Crippen molar-refractivity contribution in [2.24, 2.45) is 0 Å². The molecule has 0 spiro atoms. The first kappa shape index (κ1) is 22.1. The van der Waals surface area contributed by atoms with Crippen molar-refractivity contribution in [2.45, 2.75) is 13.3 Å². The molecule has 0 aromatic heterocycles. The van der Waals surface area contributed by atoms with Crippen LogP contribution in [0.2, 0.25) is 0 Å². The fourth-order valence-corrected chi connectivity index (χ4v) is 3.77. The molecule has 3 aromatic rings. The molecule has 6 heteroatoms. The minimum atomic E-state index is -0.377. The number of imide groups is 1. The normalized spacial score (nSPS) is 13.5. The molecule has 0 fully saturated rings. The van der Waals surface area contributed by atoms with Gasteiger partial charge in [0, 0.05) is 12.7 Å². The maximum absolute atomic E-state index is 13.6. The van der Waals surface area contributed by atoms with Crippen LogP contribution in [0, 0.1) is 0 Å². The first-order valence-corrected chi connectivity index (χ1v) is 10.8. The summed E-state index contributed by atoms with van der Waals surface area (Å²) in [6.07, 6.45) is 0.905. The van der Waals surface area contributed by atoms with Gasteiger partial charge in [0.2, 0.25) is 0 Å². The first-order chi connectivity index (χ1) is 16.0. The number of nitrogens with zero attached hydrogens (tertiary/aromatic N) is 2. The van der Waals surface area contributed by atoms with Crippen molar-refractivity contribution in [1.82, 2.24) is 0 Å². The third-order valence-electron chi connectivity index (χ3n) is 5.48. The molecule has 4 rings (SSSR count). The smallest absolute Gasteiger partial charge is 0.282 e. The van der Waals surface area contributed by atoms with E-state index in [0.29, 0.717) is 34.9 Å². The third-order valence-corrected chi connectivity index (χ3v) is 5.48. The van der Waals surface area contributed by atoms with Crippen LogP contribution in [-0.4, -0.2) is 32.6 Å². The third kappa shape index (κ3) is 4.32. The second kappa shape index (κ2) is 9.61. The van der Waals surface area contributed by atoms with Gasteiger partial charge < -0.3 is 14.4 Å². The number of hydrogen-bond donors (Lipinski definition) is 0. The maximum atomic E-state index is 13.6. The molecule has 0 bridgehead atoms. The highest BCUT2D eigenvalue weighted by atomic mass is 16.5. The number of methoxy groups -OCH3 is 1. The van der Waals surface area contributed by atoms with E-state index < -0.39 is 0 Å². The maximum Gasteiger partial charge on any atom is 0.282 e. The van der Waals surface area contributed by atoms with Crippen LogP contribution in [0.4, 0.5) is 11.4 Å². The van der Waals surface area contributed by atoms with Crippen LogP contribution in [-0.2, 0) is 9.59 Å². The van der Waals surface area contributed by atoms with E-state index in [-0.39, 0.29) is 11.8 Å². The Balaban J connectivity index is 1.78. The molecule has 0 radical (unpaired) electrons. The summed E-state index contributed by atoms with van der Waals surface area (Å²) in [4.78, 5) is 30.2. The average molecular weight is 443 g/mol. The summed E-state index contributed by atoms with van der Waals surface area (Å²) in [5.41, 5.74) is 2.63. The standard InChI is InChI=1S/C27H26N2O4/c1-4-18-33-23-14-10-19(11-15-23)24-25(28(2)20-8-6-5-7-9-20)27(31)29(26(24)30)21-12-16-22(32-3)17-13-21/h5-17H,4,18H2,1-3H3. The largest absolute Gasteiger partial charge is 0.497 e. The molecule has 0 unspecified atom stereocenters. The summed E-state index contributed by atoms with van der Waals surface area (Å²) in [7, 11) is 3.37. The van der Waals surface area contributed by atoms with Crippen LogP contribution in [0.15, 0.2) is 84.6 Å². The van der Waals surface area contributed by atoms with E-state index in [2.05, 4.69) is 0 Å². The summed E-state index contributed by atoms with van der Waals surface area (Å²) in [6.45, 7) is 2.66. The van der Waals surface area contributed by atoms with Crippen LogP contribution < -0.4 is 19.3 Å². The molecule has 6 nitrogen and oxygen atoms in total.